The van der Waals surface area contributed by atoms with Gasteiger partial charge in [-0.2, -0.15) is 0 Å². The molecular weight excluding hydrogens is 304 g/mol. The van der Waals surface area contributed by atoms with E-state index in [1.165, 1.54) is 0 Å². The summed E-state index contributed by atoms with van der Waals surface area (Å²) in [5.74, 6) is 1.33. The van der Waals surface area contributed by atoms with Gasteiger partial charge in [-0.3, -0.25) is 0 Å². The lowest BCUT2D eigenvalue weighted by molar-refractivity contribution is 0.242. The average Bonchev–Trinajstić information content (AvgIpc) is 3.02. The number of para-hydroxylation sites is 1. The van der Waals surface area contributed by atoms with E-state index in [4.69, 9.17) is 20.8 Å². The summed E-state index contributed by atoms with van der Waals surface area (Å²) >= 11 is 5.94. The molecular formula is C16H13ClN2O3. The monoisotopic (exact) mass is 316 g/mol. The number of rotatable bonds is 5. The third-order valence-electron chi connectivity index (χ3n) is 3.03. The van der Waals surface area contributed by atoms with Crippen LogP contribution in [0.3, 0.4) is 0 Å². The first-order valence-corrected chi connectivity index (χ1v) is 7.04. The zero-order valence-electron chi connectivity index (χ0n) is 11.6. The molecule has 1 N–H and O–H groups in total. The zero-order valence-corrected chi connectivity index (χ0v) is 12.3. The normalized spacial score (nSPS) is 10.6. The van der Waals surface area contributed by atoms with E-state index in [1.54, 1.807) is 24.3 Å². The third-order valence-corrected chi connectivity index (χ3v) is 3.27. The van der Waals surface area contributed by atoms with Gasteiger partial charge in [0.25, 0.3) is 5.89 Å². The van der Waals surface area contributed by atoms with Crippen molar-refractivity contribution in [1.29, 1.82) is 0 Å². The Morgan fingerprint density at radius 2 is 1.95 bits per heavy atom. The molecule has 0 amide bonds. The minimum atomic E-state index is -0.0895. The summed E-state index contributed by atoms with van der Waals surface area (Å²) in [6.07, 6.45) is 0. The number of hydrogen-bond donors (Lipinski definition) is 1. The Morgan fingerprint density at radius 3 is 2.77 bits per heavy atom. The largest absolute Gasteiger partial charge is 0.483 e. The standard InChI is InChI=1S/C16H13ClN2O3/c17-13-6-3-5-11(8-13)16-19-18-15(22-16)10-21-14-7-2-1-4-12(14)9-20/h1-8,20H,9-10H2. The smallest absolute Gasteiger partial charge is 0.254 e. The fourth-order valence-corrected chi connectivity index (χ4v) is 2.16. The molecule has 3 aromatic rings. The van der Waals surface area contributed by atoms with Crippen molar-refractivity contribution in [2.45, 2.75) is 13.2 Å². The van der Waals surface area contributed by atoms with Crippen LogP contribution in [0.5, 0.6) is 5.75 Å². The van der Waals surface area contributed by atoms with Crippen LogP contribution < -0.4 is 4.74 Å². The predicted octanol–water partition coefficient (Wildman–Crippen LogP) is 3.46. The van der Waals surface area contributed by atoms with Crippen molar-refractivity contribution >= 4 is 11.6 Å². The van der Waals surface area contributed by atoms with Gasteiger partial charge in [0.15, 0.2) is 6.61 Å². The van der Waals surface area contributed by atoms with Crippen LogP contribution in [0.25, 0.3) is 11.5 Å². The topological polar surface area (TPSA) is 68.4 Å². The van der Waals surface area contributed by atoms with E-state index in [0.29, 0.717) is 28.1 Å². The van der Waals surface area contributed by atoms with Gasteiger partial charge in [-0.25, -0.2) is 0 Å². The first-order chi connectivity index (χ1) is 10.8. The maximum absolute atomic E-state index is 9.25. The molecule has 3 rings (SSSR count). The lowest BCUT2D eigenvalue weighted by atomic mass is 10.2. The summed E-state index contributed by atoms with van der Waals surface area (Å²) < 4.78 is 11.2. The molecule has 112 valence electrons. The molecule has 2 aromatic carbocycles. The quantitative estimate of drug-likeness (QED) is 0.780. The number of nitrogens with zero attached hydrogens (tertiary/aromatic N) is 2. The first-order valence-electron chi connectivity index (χ1n) is 6.66. The summed E-state index contributed by atoms with van der Waals surface area (Å²) in [6.45, 7) is 0.0400. The Kier molecular flexibility index (Phi) is 4.37. The minimum Gasteiger partial charge on any atom is -0.483 e. The molecule has 0 saturated heterocycles. The number of aliphatic hydroxyl groups excluding tert-OH is 1. The van der Waals surface area contributed by atoms with Gasteiger partial charge >= 0.3 is 0 Å². The Bertz CT molecular complexity index is 773. The van der Waals surface area contributed by atoms with Crippen molar-refractivity contribution in [3.05, 3.63) is 65.0 Å². The molecule has 0 atom stereocenters. The van der Waals surface area contributed by atoms with Crippen LogP contribution in [0, 0.1) is 0 Å². The molecule has 22 heavy (non-hydrogen) atoms. The molecule has 5 nitrogen and oxygen atoms in total. The third kappa shape index (κ3) is 3.27. The maximum atomic E-state index is 9.25. The number of aromatic nitrogens is 2. The zero-order chi connectivity index (χ0) is 15.4. The van der Waals surface area contributed by atoms with Crippen LogP contribution in [0.15, 0.2) is 52.9 Å². The lowest BCUT2D eigenvalue weighted by Gasteiger charge is -2.07. The fraction of sp³-hybridized carbons (Fsp3) is 0.125. The van der Waals surface area contributed by atoms with Crippen LogP contribution in [0.4, 0.5) is 0 Å². The van der Waals surface area contributed by atoms with Crippen molar-refractivity contribution in [1.82, 2.24) is 10.2 Å². The Balaban J connectivity index is 1.72. The van der Waals surface area contributed by atoms with Crippen LogP contribution in [-0.4, -0.2) is 15.3 Å². The summed E-state index contributed by atoms with van der Waals surface area (Å²) in [7, 11) is 0. The molecule has 1 aromatic heterocycles. The summed E-state index contributed by atoms with van der Waals surface area (Å²) in [4.78, 5) is 0. The van der Waals surface area contributed by atoms with E-state index in [-0.39, 0.29) is 13.2 Å². The van der Waals surface area contributed by atoms with Crippen LogP contribution in [0.1, 0.15) is 11.5 Å². The number of hydrogen-bond acceptors (Lipinski definition) is 5. The Morgan fingerprint density at radius 1 is 1.09 bits per heavy atom. The van der Waals surface area contributed by atoms with Gasteiger partial charge in [0.2, 0.25) is 5.89 Å². The number of halogens is 1. The van der Waals surface area contributed by atoms with E-state index < -0.39 is 0 Å². The summed E-state index contributed by atoms with van der Waals surface area (Å²) in [5.41, 5.74) is 1.46. The van der Waals surface area contributed by atoms with E-state index in [0.717, 1.165) is 5.56 Å². The van der Waals surface area contributed by atoms with E-state index >= 15 is 0 Å². The highest BCUT2D eigenvalue weighted by atomic mass is 35.5. The molecule has 0 radical (unpaired) electrons. The fourth-order valence-electron chi connectivity index (χ4n) is 1.96. The van der Waals surface area contributed by atoms with E-state index in [2.05, 4.69) is 10.2 Å². The van der Waals surface area contributed by atoms with Crippen molar-refractivity contribution in [3.63, 3.8) is 0 Å². The molecule has 0 aliphatic rings. The van der Waals surface area contributed by atoms with Crippen LogP contribution in [-0.2, 0) is 13.2 Å². The first kappa shape index (κ1) is 14.6. The molecule has 0 spiro atoms. The van der Waals surface area contributed by atoms with Gasteiger partial charge in [-0.05, 0) is 24.3 Å². The van der Waals surface area contributed by atoms with Crippen molar-refractivity contribution < 1.29 is 14.3 Å². The molecule has 1 heterocycles. The van der Waals surface area contributed by atoms with Gasteiger partial charge in [0.05, 0.1) is 6.61 Å². The van der Waals surface area contributed by atoms with Crippen LogP contribution in [0.2, 0.25) is 5.02 Å². The second-order valence-corrected chi connectivity index (χ2v) is 5.00. The molecule has 0 saturated carbocycles. The predicted molar refractivity (Wildman–Crippen MR) is 81.4 cm³/mol. The molecule has 6 heteroatoms. The van der Waals surface area contributed by atoms with Gasteiger partial charge < -0.3 is 14.3 Å². The van der Waals surface area contributed by atoms with Crippen molar-refractivity contribution in [2.75, 3.05) is 0 Å². The van der Waals surface area contributed by atoms with E-state index in [1.807, 2.05) is 24.3 Å². The highest BCUT2D eigenvalue weighted by Gasteiger charge is 2.10. The van der Waals surface area contributed by atoms with Gasteiger partial charge in [0, 0.05) is 16.1 Å². The molecule has 0 fully saturated rings. The van der Waals surface area contributed by atoms with Crippen molar-refractivity contribution in [3.8, 4) is 17.2 Å². The summed E-state index contributed by atoms with van der Waals surface area (Å²) in [5, 5.41) is 17.8. The highest BCUT2D eigenvalue weighted by molar-refractivity contribution is 6.30. The minimum absolute atomic E-state index is 0.0895. The van der Waals surface area contributed by atoms with Crippen molar-refractivity contribution in [2.24, 2.45) is 0 Å². The van der Waals surface area contributed by atoms with E-state index in [9.17, 15) is 5.11 Å². The average molecular weight is 317 g/mol. The lowest BCUT2D eigenvalue weighted by Crippen LogP contribution is -1.98. The SMILES string of the molecule is OCc1ccccc1OCc1nnc(-c2cccc(Cl)c2)o1. The van der Waals surface area contributed by atoms with Gasteiger partial charge in [-0.15, -0.1) is 10.2 Å². The van der Waals surface area contributed by atoms with Crippen LogP contribution >= 0.6 is 11.6 Å². The number of ether oxygens (including phenoxy) is 1. The second-order valence-electron chi connectivity index (χ2n) is 4.57. The molecule has 0 bridgehead atoms. The summed E-state index contributed by atoms with van der Waals surface area (Å²) in [6, 6.07) is 14.4. The number of aliphatic hydroxyl groups is 1. The Hall–Kier alpha value is -2.37. The van der Waals surface area contributed by atoms with Gasteiger partial charge in [-0.1, -0.05) is 35.9 Å². The maximum Gasteiger partial charge on any atom is 0.254 e. The molecule has 0 unspecified atom stereocenters. The number of benzene rings is 2. The Labute approximate surface area is 132 Å². The molecule has 0 aliphatic heterocycles. The van der Waals surface area contributed by atoms with Gasteiger partial charge in [0.1, 0.15) is 5.75 Å². The highest BCUT2D eigenvalue weighted by Crippen LogP contribution is 2.23. The second kappa shape index (κ2) is 6.60. The molecule has 0 aliphatic carbocycles.